The number of nitrogens with zero attached hydrogens (tertiary/aromatic N) is 1. The van der Waals surface area contributed by atoms with E-state index in [4.69, 9.17) is 11.6 Å². The molecule has 0 aromatic heterocycles. The molecule has 102 valence electrons. The molecule has 20 heavy (non-hydrogen) atoms. The van der Waals surface area contributed by atoms with Gasteiger partial charge in [0.15, 0.2) is 6.29 Å². The second kappa shape index (κ2) is 5.29. The number of carbonyl (C=O) groups excluding carboxylic acids is 1. The fourth-order valence-corrected chi connectivity index (χ4v) is 2.99. The third-order valence-corrected chi connectivity index (χ3v) is 4.00. The maximum Gasteiger partial charge on any atom is 0.152 e. The summed E-state index contributed by atoms with van der Waals surface area (Å²) < 4.78 is 0. The van der Waals surface area contributed by atoms with Crippen molar-refractivity contribution in [3.63, 3.8) is 0 Å². The summed E-state index contributed by atoms with van der Waals surface area (Å²) in [6.07, 6.45) is 3.07. The molecule has 0 bridgehead atoms. The van der Waals surface area contributed by atoms with Gasteiger partial charge in [-0.1, -0.05) is 29.3 Å². The molecule has 2 aromatic rings. The first kappa shape index (κ1) is 13.2. The van der Waals surface area contributed by atoms with Gasteiger partial charge >= 0.3 is 0 Å². The van der Waals surface area contributed by atoms with Crippen molar-refractivity contribution in [1.82, 2.24) is 0 Å². The van der Waals surface area contributed by atoms with Gasteiger partial charge in [-0.3, -0.25) is 4.79 Å². The number of halogens is 1. The van der Waals surface area contributed by atoms with Crippen molar-refractivity contribution < 1.29 is 4.79 Å². The molecule has 0 atom stereocenters. The minimum absolute atomic E-state index is 0.657. The van der Waals surface area contributed by atoms with E-state index >= 15 is 0 Å². The Balaban J connectivity index is 2.13. The number of hydrogen-bond donors (Lipinski definition) is 0. The molecule has 0 fully saturated rings. The molecule has 0 amide bonds. The lowest BCUT2D eigenvalue weighted by Crippen LogP contribution is -2.25. The van der Waals surface area contributed by atoms with Gasteiger partial charge in [-0.25, -0.2) is 0 Å². The molecule has 0 unspecified atom stereocenters. The smallest absolute Gasteiger partial charge is 0.152 e. The molecule has 0 spiro atoms. The zero-order valence-electron chi connectivity index (χ0n) is 11.4. The highest BCUT2D eigenvalue weighted by Gasteiger charge is 2.20. The average Bonchev–Trinajstić information content (AvgIpc) is 2.46. The fraction of sp³-hybridized carbons (Fsp3) is 0.235. The van der Waals surface area contributed by atoms with E-state index in [9.17, 15) is 4.79 Å². The van der Waals surface area contributed by atoms with Gasteiger partial charge in [0, 0.05) is 22.8 Å². The molecule has 0 saturated carbocycles. The van der Waals surface area contributed by atoms with Crippen molar-refractivity contribution in [2.45, 2.75) is 19.8 Å². The Morgan fingerprint density at radius 2 is 2.00 bits per heavy atom. The predicted molar refractivity (Wildman–Crippen MR) is 83.3 cm³/mol. The predicted octanol–water partition coefficient (Wildman–Crippen LogP) is 4.55. The van der Waals surface area contributed by atoms with E-state index in [0.29, 0.717) is 10.6 Å². The van der Waals surface area contributed by atoms with E-state index < -0.39 is 0 Å². The quantitative estimate of drug-likeness (QED) is 0.755. The van der Waals surface area contributed by atoms with E-state index in [-0.39, 0.29) is 0 Å². The van der Waals surface area contributed by atoms with Crippen LogP contribution < -0.4 is 4.90 Å². The lowest BCUT2D eigenvalue weighted by molar-refractivity contribution is 0.112. The first-order valence-corrected chi connectivity index (χ1v) is 7.18. The summed E-state index contributed by atoms with van der Waals surface area (Å²) in [6, 6.07) is 11.9. The Kier molecular flexibility index (Phi) is 3.49. The van der Waals surface area contributed by atoms with Gasteiger partial charge in [0.2, 0.25) is 0 Å². The van der Waals surface area contributed by atoms with Crippen molar-refractivity contribution >= 4 is 29.3 Å². The number of rotatable bonds is 2. The van der Waals surface area contributed by atoms with Crippen molar-refractivity contribution in [3.8, 4) is 0 Å². The van der Waals surface area contributed by atoms with Crippen molar-refractivity contribution in [2.24, 2.45) is 0 Å². The van der Waals surface area contributed by atoms with Crippen LogP contribution in [0.1, 0.15) is 27.9 Å². The minimum Gasteiger partial charge on any atom is -0.341 e. The number of aldehydes is 1. The highest BCUT2D eigenvalue weighted by atomic mass is 35.5. The van der Waals surface area contributed by atoms with E-state index in [1.807, 2.05) is 6.07 Å². The molecule has 3 heteroatoms. The normalized spacial score (nSPS) is 14.0. The van der Waals surface area contributed by atoms with Crippen LogP contribution in [0.2, 0.25) is 5.02 Å². The van der Waals surface area contributed by atoms with E-state index in [0.717, 1.165) is 31.4 Å². The summed E-state index contributed by atoms with van der Waals surface area (Å²) in [5, 5.41) is 0.657. The van der Waals surface area contributed by atoms with Crippen LogP contribution in [0.3, 0.4) is 0 Å². The molecule has 0 N–H and O–H groups in total. The number of anilines is 2. The largest absolute Gasteiger partial charge is 0.341 e. The lowest BCUT2D eigenvalue weighted by Gasteiger charge is -2.32. The van der Waals surface area contributed by atoms with Crippen LogP contribution in [0.25, 0.3) is 0 Å². The Morgan fingerprint density at radius 3 is 2.80 bits per heavy atom. The Labute approximate surface area is 124 Å². The third-order valence-electron chi connectivity index (χ3n) is 3.76. The minimum atomic E-state index is 0.657. The molecule has 0 radical (unpaired) electrons. The van der Waals surface area contributed by atoms with Crippen molar-refractivity contribution in [1.29, 1.82) is 0 Å². The topological polar surface area (TPSA) is 20.3 Å². The van der Waals surface area contributed by atoms with Crippen LogP contribution in [0.15, 0.2) is 36.4 Å². The van der Waals surface area contributed by atoms with Gasteiger partial charge in [0.05, 0.1) is 5.69 Å². The Hall–Kier alpha value is -1.80. The molecular weight excluding hydrogens is 270 g/mol. The second-order valence-corrected chi connectivity index (χ2v) is 5.64. The van der Waals surface area contributed by atoms with Crippen LogP contribution in [0, 0.1) is 6.92 Å². The maximum atomic E-state index is 11.3. The van der Waals surface area contributed by atoms with Crippen molar-refractivity contribution in [2.75, 3.05) is 11.4 Å². The molecule has 1 heterocycles. The fourth-order valence-electron chi connectivity index (χ4n) is 2.83. The molecule has 3 rings (SSSR count). The van der Waals surface area contributed by atoms with Gasteiger partial charge in [0.25, 0.3) is 0 Å². The molecule has 1 aliphatic rings. The third kappa shape index (κ3) is 2.32. The van der Waals surface area contributed by atoms with E-state index in [1.54, 1.807) is 12.1 Å². The monoisotopic (exact) mass is 285 g/mol. The number of fused-ring (bicyclic) bond motifs is 1. The van der Waals surface area contributed by atoms with Crippen LogP contribution in [0.5, 0.6) is 0 Å². The average molecular weight is 286 g/mol. The van der Waals surface area contributed by atoms with Gasteiger partial charge in [-0.15, -0.1) is 0 Å². The van der Waals surface area contributed by atoms with Crippen LogP contribution in [-0.2, 0) is 6.42 Å². The molecule has 0 saturated heterocycles. The molecule has 1 aliphatic heterocycles. The van der Waals surface area contributed by atoms with E-state index in [2.05, 4.69) is 30.0 Å². The van der Waals surface area contributed by atoms with Crippen molar-refractivity contribution in [3.05, 3.63) is 58.1 Å². The molecule has 2 nitrogen and oxygen atoms in total. The SMILES string of the molecule is Cc1ccc2c(c1)CCCN2c1cc(Cl)ccc1C=O. The maximum absolute atomic E-state index is 11.3. The van der Waals surface area contributed by atoms with Crippen LogP contribution in [-0.4, -0.2) is 12.8 Å². The van der Waals surface area contributed by atoms with E-state index in [1.165, 1.54) is 16.8 Å². The van der Waals surface area contributed by atoms with Gasteiger partial charge in [-0.05, 0) is 49.6 Å². The summed E-state index contributed by atoms with van der Waals surface area (Å²) in [6.45, 7) is 3.02. The molecular formula is C17H16ClNO. The Bertz CT molecular complexity index is 666. The lowest BCUT2D eigenvalue weighted by atomic mass is 9.98. The first-order chi connectivity index (χ1) is 9.69. The van der Waals surface area contributed by atoms with Gasteiger partial charge < -0.3 is 4.90 Å². The number of aryl methyl sites for hydroxylation is 2. The highest BCUT2D eigenvalue weighted by molar-refractivity contribution is 6.31. The summed E-state index contributed by atoms with van der Waals surface area (Å²) in [4.78, 5) is 13.5. The Morgan fingerprint density at radius 1 is 1.15 bits per heavy atom. The molecule has 0 aliphatic carbocycles. The summed E-state index contributed by atoms with van der Waals surface area (Å²) in [5.74, 6) is 0. The summed E-state index contributed by atoms with van der Waals surface area (Å²) in [7, 11) is 0. The summed E-state index contributed by atoms with van der Waals surface area (Å²) >= 11 is 6.10. The summed E-state index contributed by atoms with van der Waals surface area (Å²) in [5.41, 5.74) is 5.38. The van der Waals surface area contributed by atoms with Gasteiger partial charge in [0.1, 0.15) is 0 Å². The standard InChI is InChI=1S/C17H16ClNO/c1-12-4-7-16-13(9-12)3-2-8-19(16)17-10-15(18)6-5-14(17)11-20/h4-7,9-11H,2-3,8H2,1H3. The highest BCUT2D eigenvalue weighted by Crippen LogP contribution is 2.36. The number of carbonyl (C=O) groups is 1. The zero-order valence-corrected chi connectivity index (χ0v) is 12.2. The number of benzene rings is 2. The first-order valence-electron chi connectivity index (χ1n) is 6.81. The van der Waals surface area contributed by atoms with Gasteiger partial charge in [-0.2, -0.15) is 0 Å². The number of hydrogen-bond acceptors (Lipinski definition) is 2. The second-order valence-electron chi connectivity index (χ2n) is 5.21. The molecule has 2 aromatic carbocycles. The van der Waals surface area contributed by atoms with Crippen LogP contribution >= 0.6 is 11.6 Å². The zero-order chi connectivity index (χ0) is 14.1. The van der Waals surface area contributed by atoms with Crippen LogP contribution in [0.4, 0.5) is 11.4 Å².